The van der Waals surface area contributed by atoms with E-state index < -0.39 is 0 Å². The minimum Gasteiger partial charge on any atom is -0.379 e. The van der Waals surface area contributed by atoms with Crippen LogP contribution in [0.4, 0.5) is 0 Å². The van der Waals surface area contributed by atoms with E-state index in [2.05, 4.69) is 48.2 Å². The number of hydrogen-bond donors (Lipinski definition) is 2. The third-order valence-corrected chi connectivity index (χ3v) is 5.11. The molecule has 144 valence electrons. The van der Waals surface area contributed by atoms with Crippen molar-refractivity contribution in [2.75, 3.05) is 45.9 Å². The van der Waals surface area contributed by atoms with E-state index in [0.29, 0.717) is 0 Å². The summed E-state index contributed by atoms with van der Waals surface area (Å²) in [5.74, 6) is 0.882. The second-order valence-corrected chi connectivity index (χ2v) is 7.97. The smallest absolute Gasteiger partial charge is 0.191 e. The van der Waals surface area contributed by atoms with Gasteiger partial charge >= 0.3 is 0 Å². The highest BCUT2D eigenvalue weighted by Gasteiger charge is 2.28. The predicted octanol–water partition coefficient (Wildman–Crippen LogP) is 2.28. The summed E-state index contributed by atoms with van der Waals surface area (Å²) in [4.78, 5) is 12.9. The summed E-state index contributed by atoms with van der Waals surface area (Å²) in [7, 11) is 0. The number of nitrogens with one attached hydrogen (secondary N) is 2. The Morgan fingerprint density at radius 1 is 1.36 bits per heavy atom. The summed E-state index contributed by atoms with van der Waals surface area (Å²) in [5, 5.41) is 7.92. The minimum atomic E-state index is 0. The molecule has 2 N–H and O–H groups in total. The van der Waals surface area contributed by atoms with E-state index >= 15 is 0 Å². The van der Waals surface area contributed by atoms with E-state index in [9.17, 15) is 0 Å². The van der Waals surface area contributed by atoms with Gasteiger partial charge in [-0.05, 0) is 27.7 Å². The van der Waals surface area contributed by atoms with Crippen molar-refractivity contribution >= 4 is 41.3 Å². The zero-order valence-electron chi connectivity index (χ0n) is 15.8. The number of aliphatic imine (C=N–C) groups is 1. The summed E-state index contributed by atoms with van der Waals surface area (Å²) < 4.78 is 5.45. The van der Waals surface area contributed by atoms with Crippen LogP contribution in [0, 0.1) is 6.92 Å². The van der Waals surface area contributed by atoms with Crippen molar-refractivity contribution in [3.05, 3.63) is 16.1 Å². The lowest BCUT2D eigenvalue weighted by Gasteiger charge is -2.39. The zero-order chi connectivity index (χ0) is 17.4. The van der Waals surface area contributed by atoms with Gasteiger partial charge in [-0.3, -0.25) is 9.89 Å². The Hall–Kier alpha value is -0.450. The quantitative estimate of drug-likeness (QED) is 0.356. The molecule has 25 heavy (non-hydrogen) atoms. The largest absolute Gasteiger partial charge is 0.379 e. The summed E-state index contributed by atoms with van der Waals surface area (Å²) in [6, 6.07) is 0. The first-order valence-corrected chi connectivity index (χ1v) is 9.59. The van der Waals surface area contributed by atoms with Gasteiger partial charge in [-0.15, -0.1) is 35.3 Å². The van der Waals surface area contributed by atoms with Gasteiger partial charge in [-0.2, -0.15) is 0 Å². The number of guanidine groups is 1. The van der Waals surface area contributed by atoms with Crippen LogP contribution < -0.4 is 10.6 Å². The first-order chi connectivity index (χ1) is 11.5. The maximum Gasteiger partial charge on any atom is 0.191 e. The predicted molar refractivity (Wildman–Crippen MR) is 116 cm³/mol. The van der Waals surface area contributed by atoms with Crippen LogP contribution in [0.15, 0.2) is 11.2 Å². The molecule has 1 aromatic rings. The molecular formula is C17H32IN5OS. The molecule has 2 heterocycles. The van der Waals surface area contributed by atoms with Gasteiger partial charge in [0, 0.05) is 49.2 Å². The highest BCUT2D eigenvalue weighted by molar-refractivity contribution is 14.0. The number of nitrogens with zero attached hydrogens (tertiary/aromatic N) is 3. The fraction of sp³-hybridized carbons (Fsp3) is 0.765. The van der Waals surface area contributed by atoms with Crippen molar-refractivity contribution in [1.82, 2.24) is 20.5 Å². The highest BCUT2D eigenvalue weighted by Crippen LogP contribution is 2.16. The summed E-state index contributed by atoms with van der Waals surface area (Å²) in [6.07, 6.45) is 2.86. The Bertz CT molecular complexity index is 529. The molecule has 0 radical (unpaired) electrons. The average molecular weight is 481 g/mol. The van der Waals surface area contributed by atoms with Crippen LogP contribution in [-0.2, 0) is 11.2 Å². The average Bonchev–Trinajstić information content (AvgIpc) is 2.99. The Morgan fingerprint density at radius 2 is 2.08 bits per heavy atom. The molecule has 0 aliphatic carbocycles. The monoisotopic (exact) mass is 481 g/mol. The highest BCUT2D eigenvalue weighted by atomic mass is 127. The molecule has 6 nitrogen and oxygen atoms in total. The second-order valence-electron chi connectivity index (χ2n) is 6.65. The van der Waals surface area contributed by atoms with E-state index in [4.69, 9.17) is 9.73 Å². The Labute approximate surface area is 172 Å². The summed E-state index contributed by atoms with van der Waals surface area (Å²) in [5.41, 5.74) is 0.0402. The lowest BCUT2D eigenvalue weighted by atomic mass is 10.0. The first kappa shape index (κ1) is 22.6. The fourth-order valence-electron chi connectivity index (χ4n) is 2.69. The first-order valence-electron chi connectivity index (χ1n) is 8.77. The standard InChI is InChI=1S/C17H31N5OS.HI/c1-5-18-16(19-7-6-15-20-12-14(2)24-15)21-13-17(3,4)22-8-10-23-11-9-22;/h12H,5-11,13H2,1-4H3,(H2,18,19,21);1H. The molecule has 1 aliphatic rings. The number of rotatable bonds is 7. The van der Waals surface area contributed by atoms with Crippen LogP contribution in [0.25, 0.3) is 0 Å². The molecule has 8 heteroatoms. The molecule has 1 saturated heterocycles. The van der Waals surface area contributed by atoms with Gasteiger partial charge < -0.3 is 15.4 Å². The van der Waals surface area contributed by atoms with E-state index in [1.54, 1.807) is 11.3 Å². The summed E-state index contributed by atoms with van der Waals surface area (Å²) >= 11 is 1.76. The number of hydrogen-bond acceptors (Lipinski definition) is 5. The van der Waals surface area contributed by atoms with Crippen molar-refractivity contribution in [3.63, 3.8) is 0 Å². The van der Waals surface area contributed by atoms with Gasteiger partial charge in [0.05, 0.1) is 24.8 Å². The van der Waals surface area contributed by atoms with Crippen LogP contribution in [-0.4, -0.2) is 67.3 Å². The summed E-state index contributed by atoms with van der Waals surface area (Å²) in [6.45, 7) is 14.8. The number of morpholine rings is 1. The number of ether oxygens (including phenoxy) is 1. The van der Waals surface area contributed by atoms with Crippen molar-refractivity contribution in [3.8, 4) is 0 Å². The third-order valence-electron chi connectivity index (χ3n) is 4.14. The molecule has 0 saturated carbocycles. The number of halogens is 1. The zero-order valence-corrected chi connectivity index (χ0v) is 18.9. The molecule has 1 aromatic heterocycles. The molecule has 2 rings (SSSR count). The molecule has 0 aromatic carbocycles. The topological polar surface area (TPSA) is 61.8 Å². The van der Waals surface area contributed by atoms with Crippen molar-refractivity contribution in [2.24, 2.45) is 4.99 Å². The van der Waals surface area contributed by atoms with Gasteiger partial charge in [0.25, 0.3) is 0 Å². The van der Waals surface area contributed by atoms with Crippen LogP contribution in [0.2, 0.25) is 0 Å². The molecular weight excluding hydrogens is 449 g/mol. The fourth-order valence-corrected chi connectivity index (χ4v) is 3.47. The van der Waals surface area contributed by atoms with Gasteiger partial charge in [0.1, 0.15) is 0 Å². The maximum atomic E-state index is 5.45. The van der Waals surface area contributed by atoms with E-state index in [-0.39, 0.29) is 29.5 Å². The van der Waals surface area contributed by atoms with E-state index in [1.807, 2.05) is 6.20 Å². The Kier molecular flexibility index (Phi) is 10.2. The molecule has 1 aliphatic heterocycles. The minimum absolute atomic E-state index is 0. The number of thiazole rings is 1. The number of aryl methyl sites for hydroxylation is 1. The van der Waals surface area contributed by atoms with Crippen LogP contribution in [0.5, 0.6) is 0 Å². The molecule has 0 bridgehead atoms. The molecule has 0 atom stereocenters. The lowest BCUT2D eigenvalue weighted by molar-refractivity contribution is -0.00683. The Morgan fingerprint density at radius 3 is 2.68 bits per heavy atom. The Balaban J connectivity index is 0.00000312. The molecule has 0 amide bonds. The van der Waals surface area contributed by atoms with Crippen LogP contribution >= 0.6 is 35.3 Å². The number of aromatic nitrogens is 1. The van der Waals surface area contributed by atoms with Gasteiger partial charge in [0.15, 0.2) is 5.96 Å². The maximum absolute atomic E-state index is 5.45. The van der Waals surface area contributed by atoms with Crippen molar-refractivity contribution in [2.45, 2.75) is 39.7 Å². The normalized spacial score (nSPS) is 16.4. The molecule has 0 unspecified atom stereocenters. The van der Waals surface area contributed by atoms with Crippen molar-refractivity contribution < 1.29 is 4.74 Å². The molecule has 0 spiro atoms. The van der Waals surface area contributed by atoms with Gasteiger partial charge in [0.2, 0.25) is 0 Å². The van der Waals surface area contributed by atoms with E-state index in [1.165, 1.54) is 9.88 Å². The molecule has 1 fully saturated rings. The van der Waals surface area contributed by atoms with Gasteiger partial charge in [-0.1, -0.05) is 0 Å². The van der Waals surface area contributed by atoms with Crippen LogP contribution in [0.3, 0.4) is 0 Å². The SMILES string of the molecule is CCNC(=NCC(C)(C)N1CCOCC1)NCCc1ncc(C)s1.I. The van der Waals surface area contributed by atoms with Gasteiger partial charge in [-0.25, -0.2) is 4.98 Å². The van der Waals surface area contributed by atoms with Crippen LogP contribution in [0.1, 0.15) is 30.7 Å². The lowest BCUT2D eigenvalue weighted by Crippen LogP contribution is -2.52. The van der Waals surface area contributed by atoms with E-state index in [0.717, 1.165) is 58.3 Å². The second kappa shape index (κ2) is 11.3. The third kappa shape index (κ3) is 7.76. The van der Waals surface area contributed by atoms with Crippen molar-refractivity contribution in [1.29, 1.82) is 0 Å².